The molecule has 23 heavy (non-hydrogen) atoms. The van der Waals surface area contributed by atoms with E-state index in [4.69, 9.17) is 0 Å². The van der Waals surface area contributed by atoms with Crippen molar-refractivity contribution in [2.75, 3.05) is 7.11 Å². The summed E-state index contributed by atoms with van der Waals surface area (Å²) >= 11 is 0. The number of aromatic amines is 1. The van der Waals surface area contributed by atoms with Gasteiger partial charge < -0.3 is 19.9 Å². The lowest BCUT2D eigenvalue weighted by Crippen LogP contribution is -2.52. The second kappa shape index (κ2) is 5.86. The van der Waals surface area contributed by atoms with Crippen molar-refractivity contribution in [2.45, 2.75) is 51.7 Å². The Morgan fingerprint density at radius 3 is 2.74 bits per heavy atom. The van der Waals surface area contributed by atoms with Crippen molar-refractivity contribution in [1.29, 1.82) is 0 Å². The van der Waals surface area contributed by atoms with Gasteiger partial charge in [0.1, 0.15) is 11.9 Å². The molecule has 7 heteroatoms. The molecule has 1 aliphatic heterocycles. The third-order valence-corrected chi connectivity index (χ3v) is 4.79. The molecule has 2 aliphatic rings. The molecule has 0 spiro atoms. The van der Waals surface area contributed by atoms with Gasteiger partial charge in [0.15, 0.2) is 0 Å². The molecule has 2 amide bonds. The maximum absolute atomic E-state index is 13.1. The zero-order valence-corrected chi connectivity index (χ0v) is 14.0. The smallest absolute Gasteiger partial charge is 0.407 e. The topological polar surface area (TPSA) is 87.3 Å². The molecule has 0 radical (unpaired) electrons. The van der Waals surface area contributed by atoms with Crippen LogP contribution in [-0.4, -0.2) is 46.1 Å². The Morgan fingerprint density at radius 2 is 2.17 bits per heavy atom. The Morgan fingerprint density at radius 1 is 1.43 bits per heavy atom. The fourth-order valence-electron chi connectivity index (χ4n) is 3.48. The summed E-state index contributed by atoms with van der Waals surface area (Å²) in [5, 5.41) is 2.68. The van der Waals surface area contributed by atoms with Crippen LogP contribution in [-0.2, 0) is 9.53 Å². The van der Waals surface area contributed by atoms with Gasteiger partial charge in [-0.3, -0.25) is 4.79 Å². The third-order valence-electron chi connectivity index (χ3n) is 4.79. The van der Waals surface area contributed by atoms with Crippen LogP contribution in [0.1, 0.15) is 44.2 Å². The second-order valence-electron chi connectivity index (χ2n) is 6.87. The molecule has 1 aliphatic carbocycles. The van der Waals surface area contributed by atoms with Crippen molar-refractivity contribution in [2.24, 2.45) is 11.8 Å². The first-order valence-electron chi connectivity index (χ1n) is 8.10. The largest absolute Gasteiger partial charge is 0.453 e. The van der Waals surface area contributed by atoms with E-state index < -0.39 is 12.1 Å². The maximum Gasteiger partial charge on any atom is 0.407 e. The number of nitrogens with one attached hydrogen (secondary N) is 2. The van der Waals surface area contributed by atoms with E-state index in [0.29, 0.717) is 5.92 Å². The third kappa shape index (κ3) is 2.92. The van der Waals surface area contributed by atoms with Gasteiger partial charge in [0.2, 0.25) is 5.91 Å². The molecule has 1 aromatic rings. The number of amides is 2. The van der Waals surface area contributed by atoms with E-state index in [-0.39, 0.29) is 23.9 Å². The number of carbonyl (C=O) groups is 2. The molecule has 3 rings (SSSR count). The monoisotopic (exact) mass is 320 g/mol. The minimum atomic E-state index is -0.583. The first kappa shape index (κ1) is 15.8. The van der Waals surface area contributed by atoms with Gasteiger partial charge in [-0.15, -0.1) is 0 Å². The van der Waals surface area contributed by atoms with Gasteiger partial charge in [-0.1, -0.05) is 13.8 Å². The van der Waals surface area contributed by atoms with Crippen LogP contribution in [0.4, 0.5) is 4.79 Å². The van der Waals surface area contributed by atoms with Gasteiger partial charge >= 0.3 is 6.09 Å². The number of ether oxygens (including phenoxy) is 1. The number of hydrogen-bond acceptors (Lipinski definition) is 4. The quantitative estimate of drug-likeness (QED) is 0.885. The average molecular weight is 320 g/mol. The lowest BCUT2D eigenvalue weighted by atomic mass is 10.0. The molecule has 4 unspecified atom stereocenters. The van der Waals surface area contributed by atoms with Crippen molar-refractivity contribution >= 4 is 12.0 Å². The van der Waals surface area contributed by atoms with E-state index in [2.05, 4.69) is 20.0 Å². The number of carbonyl (C=O) groups excluding carboxylic acids is 2. The summed E-state index contributed by atoms with van der Waals surface area (Å²) in [5.74, 6) is 1.33. The highest BCUT2D eigenvalue weighted by molar-refractivity contribution is 5.87. The molecular formula is C16H24N4O3. The van der Waals surface area contributed by atoms with Gasteiger partial charge in [0.25, 0.3) is 0 Å². The summed E-state index contributed by atoms with van der Waals surface area (Å²) in [5.41, 5.74) is 0.987. The summed E-state index contributed by atoms with van der Waals surface area (Å²) in [6.07, 6.45) is 3.19. The zero-order valence-electron chi connectivity index (χ0n) is 14.0. The number of alkyl carbamates (subject to hydrolysis) is 1. The number of likely N-dealkylation sites (tertiary alicyclic amines) is 1. The molecule has 0 bridgehead atoms. The SMILES string of the molecule is COC(=O)NC(C(=O)N1C(c2ncc(C)[nH]2)CC2CC21)C(C)C. The lowest BCUT2D eigenvalue weighted by Gasteiger charge is -2.31. The van der Waals surface area contributed by atoms with Gasteiger partial charge in [0.05, 0.1) is 13.2 Å². The predicted molar refractivity (Wildman–Crippen MR) is 83.6 cm³/mol. The lowest BCUT2D eigenvalue weighted by molar-refractivity contribution is -0.136. The van der Waals surface area contributed by atoms with Gasteiger partial charge in [-0.05, 0) is 31.6 Å². The normalized spacial score (nSPS) is 26.8. The van der Waals surface area contributed by atoms with E-state index in [0.717, 1.165) is 24.4 Å². The molecule has 2 N–H and O–H groups in total. The number of rotatable bonds is 4. The molecule has 4 atom stereocenters. The molecule has 7 nitrogen and oxygen atoms in total. The standard InChI is InChI=1S/C16H24N4O3/c1-8(2)13(19-16(22)23-4)15(21)20-11-5-10(11)6-12(20)14-17-7-9(3)18-14/h7-8,10-13H,5-6H2,1-4H3,(H,17,18)(H,19,22). The van der Waals surface area contributed by atoms with Crippen LogP contribution in [0.5, 0.6) is 0 Å². The minimum absolute atomic E-state index is 0.0154. The molecule has 1 saturated heterocycles. The number of aromatic nitrogens is 2. The Labute approximate surface area is 135 Å². The summed E-state index contributed by atoms with van der Waals surface area (Å²) in [6.45, 7) is 5.80. The average Bonchev–Trinajstić information content (AvgIpc) is 2.96. The number of nitrogens with zero attached hydrogens (tertiary/aromatic N) is 2. The Kier molecular flexibility index (Phi) is 4.04. The molecular weight excluding hydrogens is 296 g/mol. The first-order valence-corrected chi connectivity index (χ1v) is 8.10. The van der Waals surface area contributed by atoms with Crippen molar-refractivity contribution < 1.29 is 14.3 Å². The number of fused-ring (bicyclic) bond motifs is 1. The minimum Gasteiger partial charge on any atom is -0.453 e. The van der Waals surface area contributed by atoms with Crippen LogP contribution in [0.15, 0.2) is 6.20 Å². The van der Waals surface area contributed by atoms with Crippen molar-refractivity contribution in [3.8, 4) is 0 Å². The number of hydrogen-bond donors (Lipinski definition) is 2. The molecule has 0 aromatic carbocycles. The highest BCUT2D eigenvalue weighted by Gasteiger charge is 2.56. The number of aryl methyl sites for hydroxylation is 1. The van der Waals surface area contributed by atoms with Crippen molar-refractivity contribution in [1.82, 2.24) is 20.2 Å². The predicted octanol–water partition coefficient (Wildman–Crippen LogP) is 1.76. The zero-order chi connectivity index (χ0) is 16.7. The van der Waals surface area contributed by atoms with E-state index >= 15 is 0 Å². The van der Waals surface area contributed by atoms with Crippen molar-refractivity contribution in [3.05, 3.63) is 17.7 Å². The Bertz CT molecular complexity index is 612. The summed E-state index contributed by atoms with van der Waals surface area (Å²) < 4.78 is 4.66. The van der Waals surface area contributed by atoms with Gasteiger partial charge in [0, 0.05) is 17.9 Å². The molecule has 1 aromatic heterocycles. The number of piperidine rings is 1. The van der Waals surface area contributed by atoms with Crippen molar-refractivity contribution in [3.63, 3.8) is 0 Å². The highest BCUT2D eigenvalue weighted by atomic mass is 16.5. The Hall–Kier alpha value is -2.05. The molecule has 1 saturated carbocycles. The van der Waals surface area contributed by atoms with Gasteiger partial charge in [-0.25, -0.2) is 9.78 Å². The summed E-state index contributed by atoms with van der Waals surface area (Å²) in [6, 6.07) is -0.334. The maximum atomic E-state index is 13.1. The number of H-pyrrole nitrogens is 1. The van der Waals surface area contributed by atoms with E-state index in [1.807, 2.05) is 25.7 Å². The molecule has 126 valence electrons. The van der Waals surface area contributed by atoms with Gasteiger partial charge in [-0.2, -0.15) is 0 Å². The molecule has 2 heterocycles. The van der Waals surface area contributed by atoms with E-state index in [1.54, 1.807) is 6.20 Å². The van der Waals surface area contributed by atoms with Crippen LogP contribution in [0.3, 0.4) is 0 Å². The van der Waals surface area contributed by atoms with Crippen LogP contribution in [0, 0.1) is 18.8 Å². The van der Waals surface area contributed by atoms with Crippen LogP contribution >= 0.6 is 0 Å². The van der Waals surface area contributed by atoms with Crippen LogP contribution < -0.4 is 5.32 Å². The van der Waals surface area contributed by atoms with Crippen LogP contribution in [0.25, 0.3) is 0 Å². The Balaban J connectivity index is 1.81. The summed E-state index contributed by atoms with van der Waals surface area (Å²) in [4.78, 5) is 34.2. The highest BCUT2D eigenvalue weighted by Crippen LogP contribution is 2.53. The fraction of sp³-hybridized carbons (Fsp3) is 0.688. The summed E-state index contributed by atoms with van der Waals surface area (Å²) in [7, 11) is 1.30. The first-order chi connectivity index (χ1) is 10.9. The second-order valence-corrected chi connectivity index (χ2v) is 6.87. The van der Waals surface area contributed by atoms with E-state index in [1.165, 1.54) is 7.11 Å². The fourth-order valence-corrected chi connectivity index (χ4v) is 3.48. The number of imidazole rings is 1. The molecule has 2 fully saturated rings. The van der Waals surface area contributed by atoms with Crippen LogP contribution in [0.2, 0.25) is 0 Å². The number of methoxy groups -OCH3 is 1. The van der Waals surface area contributed by atoms with E-state index in [9.17, 15) is 9.59 Å².